The molecule has 8 nitrogen and oxygen atoms in total. The molecule has 0 unspecified atom stereocenters. The second kappa shape index (κ2) is 7.90. The van der Waals surface area contributed by atoms with Gasteiger partial charge in [0, 0.05) is 46.8 Å². The summed E-state index contributed by atoms with van der Waals surface area (Å²) < 4.78 is 3.66. The zero-order chi connectivity index (χ0) is 22.2. The maximum absolute atomic E-state index is 12.5. The molecule has 0 aliphatic carbocycles. The minimum Gasteiger partial charge on any atom is -0.326 e. The topological polar surface area (TPSA) is 100 Å². The van der Waals surface area contributed by atoms with Gasteiger partial charge in [-0.1, -0.05) is 12.1 Å². The third kappa shape index (κ3) is 3.50. The molecule has 0 bridgehead atoms. The van der Waals surface area contributed by atoms with Gasteiger partial charge in [-0.2, -0.15) is 10.4 Å². The Balaban J connectivity index is 1.26. The van der Waals surface area contributed by atoms with Gasteiger partial charge in [0.1, 0.15) is 11.6 Å². The van der Waals surface area contributed by atoms with Crippen LogP contribution in [0.5, 0.6) is 0 Å². The summed E-state index contributed by atoms with van der Waals surface area (Å²) in [7, 11) is 0. The Morgan fingerprint density at radius 2 is 2.03 bits per heavy atom. The summed E-state index contributed by atoms with van der Waals surface area (Å²) in [6.45, 7) is 3.83. The third-order valence-corrected chi connectivity index (χ3v) is 6.26. The largest absolute Gasteiger partial charge is 0.326 e. The molecule has 1 aromatic carbocycles. The van der Waals surface area contributed by atoms with Crippen LogP contribution in [0.3, 0.4) is 0 Å². The van der Waals surface area contributed by atoms with E-state index in [9.17, 15) is 10.1 Å². The van der Waals surface area contributed by atoms with Crippen LogP contribution in [0, 0.1) is 25.2 Å². The van der Waals surface area contributed by atoms with E-state index in [0.29, 0.717) is 24.1 Å². The first-order valence-electron chi connectivity index (χ1n) is 10.1. The third-order valence-electron chi connectivity index (χ3n) is 5.49. The summed E-state index contributed by atoms with van der Waals surface area (Å²) in [6, 6.07) is 9.79. The van der Waals surface area contributed by atoms with E-state index >= 15 is 0 Å². The molecular formula is C23H19N7OS. The molecule has 0 fully saturated rings. The van der Waals surface area contributed by atoms with Gasteiger partial charge in [0.05, 0.1) is 11.9 Å². The number of nitriles is 1. The predicted octanol–water partition coefficient (Wildman–Crippen LogP) is 4.17. The molecular weight excluding hydrogens is 422 g/mol. The molecule has 0 saturated carbocycles. The molecule has 0 aliphatic heterocycles. The smallest absolute Gasteiger partial charge is 0.224 e. The lowest BCUT2D eigenvalue weighted by Gasteiger charge is -2.11. The van der Waals surface area contributed by atoms with E-state index in [4.69, 9.17) is 0 Å². The van der Waals surface area contributed by atoms with Crippen LogP contribution in [0.15, 0.2) is 48.2 Å². The van der Waals surface area contributed by atoms with E-state index in [2.05, 4.69) is 26.5 Å². The van der Waals surface area contributed by atoms with Crippen molar-refractivity contribution in [3.8, 4) is 17.3 Å². The van der Waals surface area contributed by atoms with Crippen molar-refractivity contribution in [3.05, 3.63) is 70.8 Å². The maximum Gasteiger partial charge on any atom is 0.224 e. The molecule has 5 aromatic rings. The molecule has 9 heteroatoms. The summed E-state index contributed by atoms with van der Waals surface area (Å²) in [6.07, 6.45) is 6.35. The Morgan fingerprint density at radius 3 is 2.78 bits per heavy atom. The van der Waals surface area contributed by atoms with Gasteiger partial charge in [-0.3, -0.25) is 9.20 Å². The lowest BCUT2D eigenvalue weighted by molar-refractivity contribution is -0.116. The molecule has 0 radical (unpaired) electrons. The van der Waals surface area contributed by atoms with Crippen LogP contribution in [0.2, 0.25) is 0 Å². The van der Waals surface area contributed by atoms with Gasteiger partial charge in [-0.05, 0) is 38.0 Å². The maximum atomic E-state index is 12.5. The molecule has 1 amide bonds. The van der Waals surface area contributed by atoms with Gasteiger partial charge in [-0.15, -0.1) is 11.3 Å². The Morgan fingerprint density at radius 1 is 1.22 bits per heavy atom. The highest BCUT2D eigenvalue weighted by Crippen LogP contribution is 2.23. The minimum absolute atomic E-state index is 0.0719. The van der Waals surface area contributed by atoms with Gasteiger partial charge in [-0.25, -0.2) is 14.5 Å². The highest BCUT2D eigenvalue weighted by molar-refractivity contribution is 7.15. The number of carbonyl (C=O) groups is 1. The number of aryl methyl sites for hydroxylation is 2. The molecule has 4 heterocycles. The van der Waals surface area contributed by atoms with Crippen LogP contribution in [-0.4, -0.2) is 29.9 Å². The number of nitrogens with one attached hydrogen (secondary N) is 1. The summed E-state index contributed by atoms with van der Waals surface area (Å²) in [5.74, 6) is -0.0719. The zero-order valence-electron chi connectivity index (χ0n) is 17.5. The van der Waals surface area contributed by atoms with Crippen molar-refractivity contribution in [2.24, 2.45) is 0 Å². The number of benzene rings is 1. The van der Waals surface area contributed by atoms with Crippen molar-refractivity contribution in [1.82, 2.24) is 24.0 Å². The number of imidazole rings is 1. The first-order chi connectivity index (χ1) is 15.5. The van der Waals surface area contributed by atoms with Gasteiger partial charge in [0.15, 0.2) is 10.6 Å². The fourth-order valence-corrected chi connectivity index (χ4v) is 4.50. The number of nitrogens with zero attached hydrogens (tertiary/aromatic N) is 6. The fourth-order valence-electron chi connectivity index (χ4n) is 3.80. The number of hydrogen-bond acceptors (Lipinski definition) is 6. The molecule has 0 atom stereocenters. The van der Waals surface area contributed by atoms with E-state index in [1.165, 1.54) is 6.20 Å². The lowest BCUT2D eigenvalue weighted by atomic mass is 10.1. The first kappa shape index (κ1) is 19.9. The lowest BCUT2D eigenvalue weighted by Crippen LogP contribution is -2.14. The first-order valence-corrected chi connectivity index (χ1v) is 11.0. The van der Waals surface area contributed by atoms with Crippen molar-refractivity contribution in [2.45, 2.75) is 26.7 Å². The molecule has 0 aliphatic rings. The van der Waals surface area contributed by atoms with Crippen LogP contribution in [0.25, 0.3) is 21.9 Å². The summed E-state index contributed by atoms with van der Waals surface area (Å²) in [4.78, 5) is 22.6. The molecule has 5 rings (SSSR count). The highest BCUT2D eigenvalue weighted by atomic mass is 32.1. The SMILES string of the molecule is Cc1nc2c(C#N)cnn2c(C)c1CCC(=O)Nc1ccc(-c2cn3ccsc3n2)cc1. The molecule has 32 heavy (non-hydrogen) atoms. The average molecular weight is 442 g/mol. The standard InChI is InChI=1S/C23H19N7OS/c1-14-19(15(2)30-22(26-14)17(11-24)12-25-30)7-8-21(31)27-18-5-3-16(4-6-18)20-13-29-9-10-32-23(29)28-20/h3-6,9-10,12-13H,7-8H2,1-2H3,(H,27,31). The van der Waals surface area contributed by atoms with E-state index in [0.717, 1.165) is 38.9 Å². The molecule has 0 saturated heterocycles. The normalized spacial score (nSPS) is 11.2. The highest BCUT2D eigenvalue weighted by Gasteiger charge is 2.15. The molecule has 158 valence electrons. The Bertz CT molecular complexity index is 1470. The number of fused-ring (bicyclic) bond motifs is 2. The summed E-state index contributed by atoms with van der Waals surface area (Å²) >= 11 is 1.59. The van der Waals surface area contributed by atoms with Crippen molar-refractivity contribution < 1.29 is 4.79 Å². The fraction of sp³-hybridized carbons (Fsp3) is 0.174. The quantitative estimate of drug-likeness (QED) is 0.441. The molecule has 0 spiro atoms. The number of amides is 1. The van der Waals surface area contributed by atoms with Crippen LogP contribution in [0.4, 0.5) is 5.69 Å². The summed E-state index contributed by atoms with van der Waals surface area (Å²) in [5.41, 5.74) is 6.31. The molecule has 1 N–H and O–H groups in total. The van der Waals surface area contributed by atoms with E-state index in [1.807, 2.05) is 60.3 Å². The Labute approximate surface area is 187 Å². The number of thiazole rings is 1. The van der Waals surface area contributed by atoms with E-state index < -0.39 is 0 Å². The van der Waals surface area contributed by atoms with Crippen LogP contribution >= 0.6 is 11.3 Å². The number of anilines is 1. The second-order valence-corrected chi connectivity index (χ2v) is 8.38. The number of aromatic nitrogens is 5. The second-order valence-electron chi connectivity index (χ2n) is 7.51. The zero-order valence-corrected chi connectivity index (χ0v) is 18.3. The van der Waals surface area contributed by atoms with Crippen molar-refractivity contribution in [3.63, 3.8) is 0 Å². The van der Waals surface area contributed by atoms with Crippen molar-refractivity contribution >= 4 is 33.5 Å². The van der Waals surface area contributed by atoms with Crippen molar-refractivity contribution in [1.29, 1.82) is 5.26 Å². The monoisotopic (exact) mass is 441 g/mol. The molecule has 4 aromatic heterocycles. The predicted molar refractivity (Wildman–Crippen MR) is 123 cm³/mol. The Kier molecular flexibility index (Phi) is 4.92. The van der Waals surface area contributed by atoms with E-state index in [-0.39, 0.29) is 5.91 Å². The van der Waals surface area contributed by atoms with Crippen molar-refractivity contribution in [2.75, 3.05) is 5.32 Å². The van der Waals surface area contributed by atoms with Gasteiger partial charge in [0.25, 0.3) is 0 Å². The van der Waals surface area contributed by atoms with Gasteiger partial charge in [0.2, 0.25) is 5.91 Å². The number of rotatable bonds is 5. The van der Waals surface area contributed by atoms with Crippen LogP contribution < -0.4 is 5.32 Å². The summed E-state index contributed by atoms with van der Waals surface area (Å²) in [5, 5.41) is 18.4. The minimum atomic E-state index is -0.0719. The Hall–Kier alpha value is -4.03. The van der Waals surface area contributed by atoms with Gasteiger partial charge >= 0.3 is 0 Å². The number of carbonyl (C=O) groups excluding carboxylic acids is 1. The van der Waals surface area contributed by atoms with Gasteiger partial charge < -0.3 is 5.32 Å². The average Bonchev–Trinajstić information content (AvgIpc) is 3.48. The van der Waals surface area contributed by atoms with Crippen LogP contribution in [-0.2, 0) is 11.2 Å². The number of hydrogen-bond donors (Lipinski definition) is 1. The van der Waals surface area contributed by atoms with E-state index in [1.54, 1.807) is 15.9 Å². The van der Waals surface area contributed by atoms with Crippen LogP contribution in [0.1, 0.15) is 28.9 Å².